The molecule has 2 rings (SSSR count). The van der Waals surface area contributed by atoms with Crippen LogP contribution < -0.4 is 10.1 Å². The minimum Gasteiger partial charge on any atom is -0.491 e. The highest BCUT2D eigenvalue weighted by Gasteiger charge is 2.08. The van der Waals surface area contributed by atoms with Gasteiger partial charge < -0.3 is 10.1 Å². The van der Waals surface area contributed by atoms with E-state index in [1.165, 1.54) is 11.6 Å². The third kappa shape index (κ3) is 4.81. The topological polar surface area (TPSA) is 38.3 Å². The van der Waals surface area contributed by atoms with E-state index in [1.54, 1.807) is 18.2 Å². The number of aryl methyl sites for hydroxylation is 3. The standard InChI is InChI=1S/C19H22FNO2/c1-13-10-14(2)19(15(3)11-13)23-9-8-21-18(22)12-16-6-4-5-7-17(16)20/h4-7,10-11H,8-9,12H2,1-3H3,(H,21,22). The Labute approximate surface area is 136 Å². The van der Waals surface area contributed by atoms with Crippen molar-refractivity contribution in [1.29, 1.82) is 0 Å². The SMILES string of the molecule is Cc1cc(C)c(OCCNC(=O)Cc2ccccc2F)c(C)c1. The number of halogens is 1. The third-order valence-electron chi connectivity index (χ3n) is 3.58. The number of carbonyl (C=O) groups is 1. The van der Waals surface area contributed by atoms with E-state index in [2.05, 4.69) is 17.4 Å². The highest BCUT2D eigenvalue weighted by atomic mass is 19.1. The highest BCUT2D eigenvalue weighted by Crippen LogP contribution is 2.24. The first-order valence-electron chi connectivity index (χ1n) is 7.68. The van der Waals surface area contributed by atoms with Crippen LogP contribution in [0.4, 0.5) is 4.39 Å². The first kappa shape index (κ1) is 17.0. The molecule has 122 valence electrons. The number of rotatable bonds is 6. The molecule has 1 N–H and O–H groups in total. The molecule has 3 nitrogen and oxygen atoms in total. The van der Waals surface area contributed by atoms with Gasteiger partial charge in [0.1, 0.15) is 18.2 Å². The minimum absolute atomic E-state index is 0.0370. The fourth-order valence-corrected chi connectivity index (χ4v) is 2.62. The van der Waals surface area contributed by atoms with Crippen molar-refractivity contribution >= 4 is 5.91 Å². The van der Waals surface area contributed by atoms with E-state index in [1.807, 2.05) is 20.8 Å². The van der Waals surface area contributed by atoms with Crippen molar-refractivity contribution in [3.63, 3.8) is 0 Å². The zero-order valence-electron chi connectivity index (χ0n) is 13.8. The van der Waals surface area contributed by atoms with Crippen molar-refractivity contribution in [2.24, 2.45) is 0 Å². The lowest BCUT2D eigenvalue weighted by atomic mass is 10.1. The molecular weight excluding hydrogens is 293 g/mol. The molecule has 0 heterocycles. The molecule has 0 aromatic heterocycles. The molecule has 0 aliphatic rings. The van der Waals surface area contributed by atoms with Crippen molar-refractivity contribution in [2.75, 3.05) is 13.2 Å². The van der Waals surface area contributed by atoms with Crippen LogP contribution in [0.25, 0.3) is 0 Å². The van der Waals surface area contributed by atoms with Crippen molar-refractivity contribution in [3.8, 4) is 5.75 Å². The summed E-state index contributed by atoms with van der Waals surface area (Å²) in [4.78, 5) is 11.8. The first-order valence-corrected chi connectivity index (χ1v) is 7.68. The lowest BCUT2D eigenvalue weighted by molar-refractivity contribution is -0.120. The maximum absolute atomic E-state index is 13.5. The summed E-state index contributed by atoms with van der Waals surface area (Å²) < 4.78 is 19.2. The summed E-state index contributed by atoms with van der Waals surface area (Å²) >= 11 is 0. The number of carbonyl (C=O) groups excluding carboxylic acids is 1. The van der Waals surface area contributed by atoms with Crippen LogP contribution >= 0.6 is 0 Å². The second-order valence-corrected chi connectivity index (χ2v) is 5.69. The van der Waals surface area contributed by atoms with Gasteiger partial charge in [-0.1, -0.05) is 35.9 Å². The Morgan fingerprint density at radius 1 is 1.13 bits per heavy atom. The molecule has 2 aromatic rings. The van der Waals surface area contributed by atoms with E-state index >= 15 is 0 Å². The van der Waals surface area contributed by atoms with Crippen molar-refractivity contribution in [2.45, 2.75) is 27.2 Å². The van der Waals surface area contributed by atoms with E-state index in [9.17, 15) is 9.18 Å². The van der Waals surface area contributed by atoms with Gasteiger partial charge in [0.05, 0.1) is 13.0 Å². The Hall–Kier alpha value is -2.36. The molecule has 0 radical (unpaired) electrons. The summed E-state index contributed by atoms with van der Waals surface area (Å²) in [7, 11) is 0. The van der Waals surface area contributed by atoms with Crippen LogP contribution in [0.2, 0.25) is 0 Å². The normalized spacial score (nSPS) is 10.4. The molecule has 0 bridgehead atoms. The van der Waals surface area contributed by atoms with E-state index in [4.69, 9.17) is 4.74 Å². The molecule has 0 aliphatic carbocycles. The zero-order chi connectivity index (χ0) is 16.8. The van der Waals surface area contributed by atoms with Gasteiger partial charge in [-0.3, -0.25) is 4.79 Å². The Bertz CT molecular complexity index is 675. The summed E-state index contributed by atoms with van der Waals surface area (Å²) in [6, 6.07) is 10.4. The van der Waals surface area contributed by atoms with Gasteiger partial charge in [-0.05, 0) is 43.5 Å². The number of nitrogens with one attached hydrogen (secondary N) is 1. The number of amides is 1. The fraction of sp³-hybridized carbons (Fsp3) is 0.316. The van der Waals surface area contributed by atoms with Gasteiger partial charge in [-0.2, -0.15) is 0 Å². The van der Waals surface area contributed by atoms with Crippen LogP contribution in [0, 0.1) is 26.6 Å². The van der Waals surface area contributed by atoms with Gasteiger partial charge in [-0.15, -0.1) is 0 Å². The van der Waals surface area contributed by atoms with Gasteiger partial charge >= 0.3 is 0 Å². The molecule has 23 heavy (non-hydrogen) atoms. The number of hydrogen-bond acceptors (Lipinski definition) is 2. The van der Waals surface area contributed by atoms with Crippen LogP contribution in [0.3, 0.4) is 0 Å². The Kier molecular flexibility index (Phi) is 5.74. The largest absolute Gasteiger partial charge is 0.491 e. The Balaban J connectivity index is 1.80. The Morgan fingerprint density at radius 2 is 1.78 bits per heavy atom. The second kappa shape index (κ2) is 7.77. The molecule has 0 spiro atoms. The van der Waals surface area contributed by atoms with Crippen LogP contribution in [-0.2, 0) is 11.2 Å². The molecule has 0 saturated carbocycles. The van der Waals surface area contributed by atoms with Crippen molar-refractivity contribution in [3.05, 3.63) is 64.5 Å². The van der Waals surface area contributed by atoms with Crippen LogP contribution in [-0.4, -0.2) is 19.1 Å². The molecule has 0 aliphatic heterocycles. The van der Waals surface area contributed by atoms with E-state index in [0.29, 0.717) is 18.7 Å². The number of hydrogen-bond donors (Lipinski definition) is 1. The van der Waals surface area contributed by atoms with Crippen LogP contribution in [0.5, 0.6) is 5.75 Å². The van der Waals surface area contributed by atoms with Gasteiger partial charge in [0.15, 0.2) is 0 Å². The Morgan fingerprint density at radius 3 is 2.43 bits per heavy atom. The van der Waals surface area contributed by atoms with Crippen molar-refractivity contribution in [1.82, 2.24) is 5.32 Å². The predicted octanol–water partition coefficient (Wildman–Crippen LogP) is 3.49. The summed E-state index contributed by atoms with van der Waals surface area (Å²) in [6.07, 6.45) is 0.0370. The van der Waals surface area contributed by atoms with Crippen LogP contribution in [0.1, 0.15) is 22.3 Å². The molecule has 2 aromatic carbocycles. The lowest BCUT2D eigenvalue weighted by Gasteiger charge is -2.13. The summed E-state index contributed by atoms with van der Waals surface area (Å²) in [5.41, 5.74) is 3.77. The average molecular weight is 315 g/mol. The molecular formula is C19H22FNO2. The molecule has 0 atom stereocenters. The predicted molar refractivity (Wildman–Crippen MR) is 89.3 cm³/mol. The molecule has 0 unspecified atom stereocenters. The molecule has 0 saturated heterocycles. The summed E-state index contributed by atoms with van der Waals surface area (Å²) in [5, 5.41) is 2.75. The second-order valence-electron chi connectivity index (χ2n) is 5.69. The fourth-order valence-electron chi connectivity index (χ4n) is 2.62. The summed E-state index contributed by atoms with van der Waals surface area (Å²) in [5.74, 6) is 0.291. The number of benzene rings is 2. The highest BCUT2D eigenvalue weighted by molar-refractivity contribution is 5.78. The van der Waals surface area contributed by atoms with Gasteiger partial charge in [0, 0.05) is 0 Å². The zero-order valence-corrected chi connectivity index (χ0v) is 13.8. The van der Waals surface area contributed by atoms with Gasteiger partial charge in [0.25, 0.3) is 0 Å². The number of ether oxygens (including phenoxy) is 1. The monoisotopic (exact) mass is 315 g/mol. The third-order valence-corrected chi connectivity index (χ3v) is 3.58. The minimum atomic E-state index is -0.357. The van der Waals surface area contributed by atoms with E-state index < -0.39 is 0 Å². The first-order chi connectivity index (χ1) is 11.0. The maximum atomic E-state index is 13.5. The van der Waals surface area contributed by atoms with E-state index in [0.717, 1.165) is 16.9 Å². The van der Waals surface area contributed by atoms with Gasteiger partial charge in [0.2, 0.25) is 5.91 Å². The average Bonchev–Trinajstić information content (AvgIpc) is 2.48. The summed E-state index contributed by atoms with van der Waals surface area (Å²) in [6.45, 7) is 6.83. The van der Waals surface area contributed by atoms with Gasteiger partial charge in [-0.25, -0.2) is 4.39 Å². The van der Waals surface area contributed by atoms with E-state index in [-0.39, 0.29) is 18.1 Å². The molecule has 1 amide bonds. The lowest BCUT2D eigenvalue weighted by Crippen LogP contribution is -2.29. The maximum Gasteiger partial charge on any atom is 0.224 e. The van der Waals surface area contributed by atoms with Crippen molar-refractivity contribution < 1.29 is 13.9 Å². The molecule has 0 fully saturated rings. The molecule has 4 heteroatoms. The quantitative estimate of drug-likeness (QED) is 0.829. The van der Waals surface area contributed by atoms with Crippen LogP contribution in [0.15, 0.2) is 36.4 Å². The smallest absolute Gasteiger partial charge is 0.224 e.